The van der Waals surface area contributed by atoms with E-state index in [1.165, 1.54) is 13.2 Å². The summed E-state index contributed by atoms with van der Waals surface area (Å²) < 4.78 is 15.7. The molecule has 2 N–H and O–H groups in total. The van der Waals surface area contributed by atoms with Crippen molar-refractivity contribution >= 4 is 11.7 Å². The Hall–Kier alpha value is -2.89. The topological polar surface area (TPSA) is 77.0 Å². The van der Waals surface area contributed by atoms with E-state index in [-0.39, 0.29) is 5.56 Å². The highest BCUT2D eigenvalue weighted by Crippen LogP contribution is 2.29. The molecule has 2 aromatic carbocycles. The second kappa shape index (κ2) is 7.40. The molecule has 2 aromatic rings. The molecule has 0 fully saturated rings. The Balaban J connectivity index is 2.20. The van der Waals surface area contributed by atoms with Gasteiger partial charge in [-0.1, -0.05) is 6.07 Å². The number of carboxylic acids is 1. The summed E-state index contributed by atoms with van der Waals surface area (Å²) in [6.07, 6.45) is 0. The van der Waals surface area contributed by atoms with E-state index in [0.29, 0.717) is 29.5 Å². The number of hydrogen-bond acceptors (Lipinski definition) is 5. The third kappa shape index (κ3) is 3.85. The van der Waals surface area contributed by atoms with Gasteiger partial charge in [0, 0.05) is 6.54 Å². The lowest BCUT2D eigenvalue weighted by Gasteiger charge is -2.13. The number of carboxylic acid groups (broad SMARTS) is 1. The summed E-state index contributed by atoms with van der Waals surface area (Å²) in [7, 11) is 4.70. The number of ether oxygens (including phenoxy) is 3. The van der Waals surface area contributed by atoms with Crippen LogP contribution >= 0.6 is 0 Å². The first kappa shape index (κ1) is 16.5. The van der Waals surface area contributed by atoms with Crippen LogP contribution in [0.2, 0.25) is 0 Å². The van der Waals surface area contributed by atoms with Crippen molar-refractivity contribution in [2.24, 2.45) is 0 Å². The predicted octanol–water partition coefficient (Wildman–Crippen LogP) is 3.02. The zero-order chi connectivity index (χ0) is 16.8. The van der Waals surface area contributed by atoms with Crippen molar-refractivity contribution in [1.29, 1.82) is 0 Å². The molecule has 0 saturated heterocycles. The first-order chi connectivity index (χ1) is 11.1. The van der Waals surface area contributed by atoms with Crippen LogP contribution in [0.4, 0.5) is 5.69 Å². The van der Waals surface area contributed by atoms with Crippen LogP contribution in [0.25, 0.3) is 0 Å². The van der Waals surface area contributed by atoms with Crippen LogP contribution in [0.15, 0.2) is 36.4 Å². The zero-order valence-corrected chi connectivity index (χ0v) is 13.3. The van der Waals surface area contributed by atoms with Gasteiger partial charge in [-0.25, -0.2) is 4.79 Å². The molecule has 0 radical (unpaired) electrons. The maximum Gasteiger partial charge on any atom is 0.335 e. The van der Waals surface area contributed by atoms with Gasteiger partial charge in [-0.3, -0.25) is 0 Å². The van der Waals surface area contributed by atoms with Crippen molar-refractivity contribution in [3.8, 4) is 17.2 Å². The van der Waals surface area contributed by atoms with E-state index in [0.717, 1.165) is 5.56 Å². The van der Waals surface area contributed by atoms with Crippen LogP contribution in [0.3, 0.4) is 0 Å². The van der Waals surface area contributed by atoms with Crippen molar-refractivity contribution < 1.29 is 24.1 Å². The molecule has 0 heterocycles. The van der Waals surface area contributed by atoms with E-state index in [1.54, 1.807) is 26.4 Å². The van der Waals surface area contributed by atoms with Gasteiger partial charge in [0.2, 0.25) is 0 Å². The molecule has 0 aromatic heterocycles. The molecule has 0 atom stereocenters. The number of nitrogens with one attached hydrogen (secondary N) is 1. The molecule has 6 nitrogen and oxygen atoms in total. The van der Waals surface area contributed by atoms with E-state index in [4.69, 9.17) is 19.3 Å². The van der Waals surface area contributed by atoms with Gasteiger partial charge >= 0.3 is 5.97 Å². The van der Waals surface area contributed by atoms with Gasteiger partial charge in [0.05, 0.1) is 32.6 Å². The fourth-order valence-corrected chi connectivity index (χ4v) is 2.17. The maximum atomic E-state index is 11.1. The summed E-state index contributed by atoms with van der Waals surface area (Å²) in [5.74, 6) is 0.886. The highest BCUT2D eigenvalue weighted by atomic mass is 16.5. The largest absolute Gasteiger partial charge is 0.495 e. The average Bonchev–Trinajstić information content (AvgIpc) is 2.59. The van der Waals surface area contributed by atoms with Crippen LogP contribution < -0.4 is 19.5 Å². The Bertz CT molecular complexity index is 699. The number of rotatable bonds is 7. The smallest absolute Gasteiger partial charge is 0.335 e. The summed E-state index contributed by atoms with van der Waals surface area (Å²) in [4.78, 5) is 11.1. The lowest BCUT2D eigenvalue weighted by molar-refractivity contribution is 0.0697. The Morgan fingerprint density at radius 3 is 2.22 bits per heavy atom. The molecule has 122 valence electrons. The number of methoxy groups -OCH3 is 3. The van der Waals surface area contributed by atoms with Gasteiger partial charge in [0.25, 0.3) is 0 Å². The third-order valence-corrected chi connectivity index (χ3v) is 3.38. The minimum Gasteiger partial charge on any atom is -0.495 e. The molecule has 6 heteroatoms. The van der Waals surface area contributed by atoms with Crippen LogP contribution in [0.1, 0.15) is 15.9 Å². The van der Waals surface area contributed by atoms with Crippen molar-refractivity contribution in [1.82, 2.24) is 0 Å². The molecule has 23 heavy (non-hydrogen) atoms. The lowest BCUT2D eigenvalue weighted by Crippen LogP contribution is -2.04. The highest BCUT2D eigenvalue weighted by Gasteiger charge is 2.10. The quantitative estimate of drug-likeness (QED) is 0.817. The fourth-order valence-electron chi connectivity index (χ4n) is 2.17. The number of carbonyl (C=O) groups is 1. The Kier molecular flexibility index (Phi) is 5.30. The Labute approximate surface area is 134 Å². The molecule has 0 aliphatic rings. The van der Waals surface area contributed by atoms with Crippen LogP contribution in [0.5, 0.6) is 17.2 Å². The van der Waals surface area contributed by atoms with Gasteiger partial charge < -0.3 is 24.6 Å². The van der Waals surface area contributed by atoms with Crippen molar-refractivity contribution in [3.05, 3.63) is 47.5 Å². The summed E-state index contributed by atoms with van der Waals surface area (Å²) >= 11 is 0. The minimum absolute atomic E-state index is 0.195. The summed E-state index contributed by atoms with van der Waals surface area (Å²) in [5.41, 5.74) is 1.77. The van der Waals surface area contributed by atoms with Gasteiger partial charge in [0.1, 0.15) is 5.75 Å². The maximum absolute atomic E-state index is 11.1. The standard InChI is InChI=1S/C17H19NO5/c1-21-14-7-5-12(17(19)20)9-13(14)18-10-11-4-6-15(22-2)16(8-11)23-3/h4-9,18H,10H2,1-3H3,(H,19,20). The number of anilines is 1. The first-order valence-electron chi connectivity index (χ1n) is 6.95. The summed E-state index contributed by atoms with van der Waals surface area (Å²) in [5, 5.41) is 12.3. The number of benzene rings is 2. The molecule has 0 amide bonds. The van der Waals surface area contributed by atoms with E-state index in [9.17, 15) is 4.79 Å². The second-order valence-electron chi connectivity index (χ2n) is 4.76. The van der Waals surface area contributed by atoms with Gasteiger partial charge in [-0.05, 0) is 35.9 Å². The van der Waals surface area contributed by atoms with Gasteiger partial charge in [-0.15, -0.1) is 0 Å². The van der Waals surface area contributed by atoms with E-state index >= 15 is 0 Å². The SMILES string of the molecule is COc1ccc(C(=O)O)cc1NCc1ccc(OC)c(OC)c1. The minimum atomic E-state index is -0.984. The monoisotopic (exact) mass is 317 g/mol. The Morgan fingerprint density at radius 1 is 0.957 bits per heavy atom. The van der Waals surface area contributed by atoms with E-state index < -0.39 is 5.97 Å². The van der Waals surface area contributed by atoms with Crippen LogP contribution in [-0.2, 0) is 6.54 Å². The fraction of sp³-hybridized carbons (Fsp3) is 0.235. The first-order valence-corrected chi connectivity index (χ1v) is 6.95. The van der Waals surface area contributed by atoms with Gasteiger partial charge in [0.15, 0.2) is 11.5 Å². The van der Waals surface area contributed by atoms with Crippen LogP contribution in [0, 0.1) is 0 Å². The van der Waals surface area contributed by atoms with Crippen molar-refractivity contribution in [3.63, 3.8) is 0 Å². The lowest BCUT2D eigenvalue weighted by atomic mass is 10.1. The number of aromatic carboxylic acids is 1. The zero-order valence-electron chi connectivity index (χ0n) is 13.3. The number of hydrogen-bond donors (Lipinski definition) is 2. The molecule has 0 bridgehead atoms. The normalized spacial score (nSPS) is 10.0. The molecule has 0 spiro atoms. The van der Waals surface area contributed by atoms with Gasteiger partial charge in [-0.2, -0.15) is 0 Å². The molecule has 0 aliphatic carbocycles. The van der Waals surface area contributed by atoms with E-state index in [1.807, 2.05) is 18.2 Å². The van der Waals surface area contributed by atoms with Crippen molar-refractivity contribution in [2.75, 3.05) is 26.6 Å². The third-order valence-electron chi connectivity index (χ3n) is 3.38. The van der Waals surface area contributed by atoms with E-state index in [2.05, 4.69) is 5.32 Å². The Morgan fingerprint density at radius 2 is 1.61 bits per heavy atom. The molecular weight excluding hydrogens is 298 g/mol. The molecular formula is C17H19NO5. The predicted molar refractivity (Wildman–Crippen MR) is 86.8 cm³/mol. The molecule has 0 unspecified atom stereocenters. The van der Waals surface area contributed by atoms with Crippen molar-refractivity contribution in [2.45, 2.75) is 6.54 Å². The highest BCUT2D eigenvalue weighted by molar-refractivity contribution is 5.89. The van der Waals surface area contributed by atoms with Crippen LogP contribution in [-0.4, -0.2) is 32.4 Å². The molecule has 0 saturated carbocycles. The summed E-state index contributed by atoms with van der Waals surface area (Å²) in [6.45, 7) is 0.486. The summed E-state index contributed by atoms with van der Waals surface area (Å²) in [6, 6.07) is 10.3. The average molecular weight is 317 g/mol. The second-order valence-corrected chi connectivity index (χ2v) is 4.76. The molecule has 2 rings (SSSR count). The molecule has 0 aliphatic heterocycles.